The fourth-order valence-corrected chi connectivity index (χ4v) is 1.66. The molecule has 2 aromatic heterocycles. The third-order valence-corrected chi connectivity index (χ3v) is 2.92. The lowest BCUT2D eigenvalue weighted by molar-refractivity contribution is 0.383. The van der Waals surface area contributed by atoms with Crippen molar-refractivity contribution in [1.82, 2.24) is 19.6 Å². The third-order valence-electron chi connectivity index (χ3n) is 2.92. The molecular weight excluding hydrogens is 190 g/mol. The summed E-state index contributed by atoms with van der Waals surface area (Å²) in [5, 5.41) is 8.21. The van der Waals surface area contributed by atoms with E-state index in [1.807, 2.05) is 10.6 Å². The Labute approximate surface area is 88.3 Å². The monoisotopic (exact) mass is 205 g/mol. The zero-order chi connectivity index (χ0) is 10.9. The summed E-state index contributed by atoms with van der Waals surface area (Å²) >= 11 is 0. The molecule has 0 saturated carbocycles. The molecule has 0 atom stereocenters. The number of rotatable bonds is 3. The van der Waals surface area contributed by atoms with E-state index in [1.54, 1.807) is 12.4 Å². The Morgan fingerprint density at radius 1 is 1.33 bits per heavy atom. The van der Waals surface area contributed by atoms with Crippen LogP contribution in [0.25, 0.3) is 5.65 Å². The van der Waals surface area contributed by atoms with E-state index in [9.17, 15) is 0 Å². The lowest BCUT2D eigenvalue weighted by Crippen LogP contribution is -2.37. The van der Waals surface area contributed by atoms with Gasteiger partial charge in [0.1, 0.15) is 0 Å². The van der Waals surface area contributed by atoms with E-state index in [0.29, 0.717) is 0 Å². The van der Waals surface area contributed by atoms with Crippen molar-refractivity contribution in [3.05, 3.63) is 24.4 Å². The normalized spacial score (nSPS) is 12.2. The van der Waals surface area contributed by atoms with Crippen LogP contribution in [0.5, 0.6) is 0 Å². The molecule has 5 nitrogen and oxygen atoms in total. The largest absolute Gasteiger partial charge is 0.319 e. The maximum atomic E-state index is 6.28. The summed E-state index contributed by atoms with van der Waals surface area (Å²) in [6, 6.07) is 0. The van der Waals surface area contributed by atoms with Gasteiger partial charge in [-0.25, -0.2) is 0 Å². The highest BCUT2D eigenvalue weighted by atomic mass is 15.3. The van der Waals surface area contributed by atoms with Crippen molar-refractivity contribution < 1.29 is 0 Å². The second kappa shape index (κ2) is 3.58. The standard InChI is InChI=1S/C10H15N5/c1-3-10(11,4-2)9-14-13-8-7-12-5-6-15(8)9/h5-7H,3-4,11H2,1-2H3. The van der Waals surface area contributed by atoms with Crippen LogP contribution in [0.4, 0.5) is 0 Å². The predicted octanol–water partition coefficient (Wildman–Crippen LogP) is 1.10. The van der Waals surface area contributed by atoms with Crippen LogP contribution in [0.15, 0.2) is 18.6 Å². The Hall–Kier alpha value is -1.49. The van der Waals surface area contributed by atoms with Crippen LogP contribution >= 0.6 is 0 Å². The quantitative estimate of drug-likeness (QED) is 0.814. The minimum atomic E-state index is -0.402. The van der Waals surface area contributed by atoms with Gasteiger partial charge in [-0.05, 0) is 12.8 Å². The van der Waals surface area contributed by atoms with Gasteiger partial charge in [-0.1, -0.05) is 13.8 Å². The van der Waals surface area contributed by atoms with E-state index in [4.69, 9.17) is 5.73 Å². The van der Waals surface area contributed by atoms with Gasteiger partial charge in [0.25, 0.3) is 0 Å². The molecule has 2 heterocycles. The van der Waals surface area contributed by atoms with Gasteiger partial charge in [0, 0.05) is 12.4 Å². The average Bonchev–Trinajstić information content (AvgIpc) is 2.72. The van der Waals surface area contributed by atoms with Gasteiger partial charge in [-0.15, -0.1) is 10.2 Å². The van der Waals surface area contributed by atoms with Crippen molar-refractivity contribution in [2.75, 3.05) is 0 Å². The zero-order valence-electron chi connectivity index (χ0n) is 9.01. The first kappa shape index (κ1) is 10.0. The molecule has 2 N–H and O–H groups in total. The first-order valence-electron chi connectivity index (χ1n) is 5.15. The first-order chi connectivity index (χ1) is 7.21. The van der Waals surface area contributed by atoms with E-state index in [-0.39, 0.29) is 0 Å². The van der Waals surface area contributed by atoms with Crippen molar-refractivity contribution >= 4 is 5.65 Å². The lowest BCUT2D eigenvalue weighted by Gasteiger charge is -2.24. The molecule has 80 valence electrons. The Morgan fingerprint density at radius 2 is 2.07 bits per heavy atom. The molecule has 0 unspecified atom stereocenters. The maximum absolute atomic E-state index is 6.28. The molecule has 2 rings (SSSR count). The Morgan fingerprint density at radius 3 is 2.73 bits per heavy atom. The zero-order valence-corrected chi connectivity index (χ0v) is 9.01. The van der Waals surface area contributed by atoms with E-state index < -0.39 is 5.54 Å². The Bertz CT molecular complexity index is 458. The van der Waals surface area contributed by atoms with Gasteiger partial charge in [0.15, 0.2) is 11.5 Å². The highest BCUT2D eigenvalue weighted by molar-refractivity contribution is 5.35. The van der Waals surface area contributed by atoms with Crippen LogP contribution in [0.3, 0.4) is 0 Å². The molecule has 5 heteroatoms. The molecule has 0 saturated heterocycles. The molecular formula is C10H15N5. The molecule has 0 fully saturated rings. The van der Waals surface area contributed by atoms with Crippen LogP contribution in [0, 0.1) is 0 Å². The summed E-state index contributed by atoms with van der Waals surface area (Å²) in [6.45, 7) is 4.12. The van der Waals surface area contributed by atoms with Crippen LogP contribution < -0.4 is 5.73 Å². The molecule has 0 bridgehead atoms. The maximum Gasteiger partial charge on any atom is 0.179 e. The number of hydrogen-bond donors (Lipinski definition) is 1. The highest BCUT2D eigenvalue weighted by Crippen LogP contribution is 2.23. The first-order valence-corrected chi connectivity index (χ1v) is 5.15. The second-order valence-corrected chi connectivity index (χ2v) is 3.69. The number of hydrogen-bond acceptors (Lipinski definition) is 4. The van der Waals surface area contributed by atoms with Crippen LogP contribution in [0.2, 0.25) is 0 Å². The van der Waals surface area contributed by atoms with Crippen LogP contribution in [-0.4, -0.2) is 19.6 Å². The Balaban J connectivity index is 2.61. The summed E-state index contributed by atoms with van der Waals surface area (Å²) in [6.07, 6.45) is 6.92. The fourth-order valence-electron chi connectivity index (χ4n) is 1.66. The van der Waals surface area contributed by atoms with Crippen molar-refractivity contribution in [1.29, 1.82) is 0 Å². The van der Waals surface area contributed by atoms with E-state index in [0.717, 1.165) is 24.3 Å². The minimum Gasteiger partial charge on any atom is -0.319 e. The second-order valence-electron chi connectivity index (χ2n) is 3.69. The number of fused-ring (bicyclic) bond motifs is 1. The summed E-state index contributed by atoms with van der Waals surface area (Å²) in [5.41, 5.74) is 6.62. The summed E-state index contributed by atoms with van der Waals surface area (Å²) in [7, 11) is 0. The van der Waals surface area contributed by atoms with Gasteiger partial charge >= 0.3 is 0 Å². The Kier molecular flexibility index (Phi) is 2.40. The number of nitrogens with two attached hydrogens (primary N) is 1. The van der Waals surface area contributed by atoms with Gasteiger partial charge in [0.05, 0.1) is 11.7 Å². The highest BCUT2D eigenvalue weighted by Gasteiger charge is 2.28. The van der Waals surface area contributed by atoms with Gasteiger partial charge in [0.2, 0.25) is 0 Å². The molecule has 0 aromatic carbocycles. The molecule has 2 aromatic rings. The molecule has 0 amide bonds. The van der Waals surface area contributed by atoms with E-state index in [2.05, 4.69) is 29.0 Å². The van der Waals surface area contributed by atoms with E-state index >= 15 is 0 Å². The van der Waals surface area contributed by atoms with Crippen LogP contribution in [0.1, 0.15) is 32.5 Å². The molecule has 0 aliphatic carbocycles. The molecule has 0 aliphatic heterocycles. The molecule has 0 aliphatic rings. The van der Waals surface area contributed by atoms with Gasteiger partial charge < -0.3 is 5.73 Å². The average molecular weight is 205 g/mol. The number of nitrogens with zero attached hydrogens (tertiary/aromatic N) is 4. The SMILES string of the molecule is CCC(N)(CC)c1nnc2cnccn12. The minimum absolute atomic E-state index is 0.402. The van der Waals surface area contributed by atoms with Crippen molar-refractivity contribution in [2.45, 2.75) is 32.2 Å². The fraction of sp³-hybridized carbons (Fsp3) is 0.500. The predicted molar refractivity (Wildman–Crippen MR) is 57.2 cm³/mol. The van der Waals surface area contributed by atoms with Crippen LogP contribution in [-0.2, 0) is 5.54 Å². The van der Waals surface area contributed by atoms with Gasteiger partial charge in [-0.3, -0.25) is 9.38 Å². The van der Waals surface area contributed by atoms with Gasteiger partial charge in [-0.2, -0.15) is 0 Å². The van der Waals surface area contributed by atoms with E-state index in [1.165, 1.54) is 0 Å². The lowest BCUT2D eigenvalue weighted by atomic mass is 9.93. The summed E-state index contributed by atoms with van der Waals surface area (Å²) in [5.74, 6) is 0.810. The van der Waals surface area contributed by atoms with Crippen molar-refractivity contribution in [3.63, 3.8) is 0 Å². The van der Waals surface area contributed by atoms with Crippen molar-refractivity contribution in [2.24, 2.45) is 5.73 Å². The number of aromatic nitrogens is 4. The molecule has 0 spiro atoms. The summed E-state index contributed by atoms with van der Waals surface area (Å²) in [4.78, 5) is 4.00. The summed E-state index contributed by atoms with van der Waals surface area (Å²) < 4.78 is 1.90. The molecule has 0 radical (unpaired) electrons. The van der Waals surface area contributed by atoms with Crippen molar-refractivity contribution in [3.8, 4) is 0 Å². The third kappa shape index (κ3) is 1.48. The topological polar surface area (TPSA) is 69.1 Å². The smallest absolute Gasteiger partial charge is 0.179 e. The molecule has 15 heavy (non-hydrogen) atoms.